The molecule has 16 heavy (non-hydrogen) atoms. The molecule has 5 heteroatoms. The van der Waals surface area contributed by atoms with Gasteiger partial charge in [-0.25, -0.2) is 0 Å². The zero-order valence-corrected chi connectivity index (χ0v) is 10.7. The topological polar surface area (TPSA) is 49.3 Å². The number of thioether (sulfide) groups is 1. The molecule has 0 saturated heterocycles. The van der Waals surface area contributed by atoms with E-state index in [1.807, 2.05) is 12.3 Å². The van der Waals surface area contributed by atoms with Gasteiger partial charge in [0.25, 0.3) is 5.91 Å². The molecule has 0 fully saturated rings. The largest absolute Gasteiger partial charge is 0.392 e. The van der Waals surface area contributed by atoms with Crippen molar-refractivity contribution in [2.75, 3.05) is 12.8 Å². The molecule has 3 nitrogen and oxygen atoms in total. The first-order valence-electron chi connectivity index (χ1n) is 4.84. The fourth-order valence-corrected chi connectivity index (χ4v) is 1.78. The van der Waals surface area contributed by atoms with E-state index in [4.69, 9.17) is 16.7 Å². The summed E-state index contributed by atoms with van der Waals surface area (Å²) in [6, 6.07) is 5.30. The zero-order valence-electron chi connectivity index (χ0n) is 9.16. The Bertz CT molecular complexity index is 382. The van der Waals surface area contributed by atoms with Gasteiger partial charge < -0.3 is 10.4 Å². The minimum Gasteiger partial charge on any atom is -0.392 e. The molecule has 1 aromatic carbocycles. The molecule has 0 aromatic heterocycles. The van der Waals surface area contributed by atoms with Crippen molar-refractivity contribution in [2.45, 2.75) is 17.9 Å². The Morgan fingerprint density at radius 1 is 1.62 bits per heavy atom. The smallest absolute Gasteiger partial charge is 0.252 e. The number of benzene rings is 1. The fraction of sp³-hybridized carbons (Fsp3) is 0.364. The van der Waals surface area contributed by atoms with Crippen LogP contribution in [0.15, 0.2) is 23.1 Å². The minimum atomic E-state index is -0.563. The summed E-state index contributed by atoms with van der Waals surface area (Å²) in [6.07, 6.45) is 1.37. The second-order valence-electron chi connectivity index (χ2n) is 3.40. The molecular weight excluding hydrogens is 246 g/mol. The number of carbonyl (C=O) groups is 1. The van der Waals surface area contributed by atoms with Crippen molar-refractivity contribution in [3.05, 3.63) is 28.8 Å². The van der Waals surface area contributed by atoms with Gasteiger partial charge in [-0.15, -0.1) is 11.8 Å². The predicted octanol–water partition coefficient (Wildman–Crippen LogP) is 2.17. The number of aliphatic hydroxyl groups is 1. The Hall–Kier alpha value is -0.710. The Morgan fingerprint density at radius 2 is 2.31 bits per heavy atom. The third-order valence-corrected chi connectivity index (χ3v) is 3.03. The monoisotopic (exact) mass is 259 g/mol. The van der Waals surface area contributed by atoms with Crippen LogP contribution in [0.4, 0.5) is 0 Å². The van der Waals surface area contributed by atoms with Gasteiger partial charge in [-0.1, -0.05) is 11.6 Å². The lowest BCUT2D eigenvalue weighted by atomic mass is 10.2. The van der Waals surface area contributed by atoms with Crippen molar-refractivity contribution in [2.24, 2.45) is 0 Å². The van der Waals surface area contributed by atoms with Gasteiger partial charge in [-0.05, 0) is 31.4 Å². The summed E-state index contributed by atoms with van der Waals surface area (Å²) in [5, 5.41) is 12.1. The first kappa shape index (κ1) is 13.4. The normalized spacial score (nSPS) is 12.2. The molecule has 0 bridgehead atoms. The molecule has 0 aliphatic heterocycles. The van der Waals surface area contributed by atoms with Gasteiger partial charge in [0.2, 0.25) is 0 Å². The number of aliphatic hydroxyl groups excluding tert-OH is 1. The molecule has 0 aliphatic carbocycles. The first-order chi connectivity index (χ1) is 7.54. The molecule has 88 valence electrons. The van der Waals surface area contributed by atoms with Crippen LogP contribution in [0, 0.1) is 0 Å². The van der Waals surface area contributed by atoms with Crippen molar-refractivity contribution in [3.63, 3.8) is 0 Å². The lowest BCUT2D eigenvalue weighted by molar-refractivity contribution is 0.0924. The summed E-state index contributed by atoms with van der Waals surface area (Å²) in [6.45, 7) is 1.83. The predicted molar refractivity (Wildman–Crippen MR) is 67.2 cm³/mol. The lowest BCUT2D eigenvalue weighted by Gasteiger charge is -2.09. The van der Waals surface area contributed by atoms with Crippen LogP contribution in [-0.4, -0.2) is 29.9 Å². The van der Waals surface area contributed by atoms with Crippen LogP contribution in [0.25, 0.3) is 0 Å². The molecule has 1 amide bonds. The number of carbonyl (C=O) groups excluding carboxylic acids is 1. The van der Waals surface area contributed by atoms with Crippen molar-refractivity contribution >= 4 is 29.3 Å². The van der Waals surface area contributed by atoms with Gasteiger partial charge in [-0.2, -0.15) is 0 Å². The first-order valence-corrected chi connectivity index (χ1v) is 6.44. The van der Waals surface area contributed by atoms with Crippen molar-refractivity contribution in [1.82, 2.24) is 5.32 Å². The van der Waals surface area contributed by atoms with Crippen molar-refractivity contribution < 1.29 is 9.90 Å². The maximum absolute atomic E-state index is 11.7. The van der Waals surface area contributed by atoms with Crippen molar-refractivity contribution in [3.8, 4) is 0 Å². The van der Waals surface area contributed by atoms with E-state index in [1.54, 1.807) is 30.8 Å². The van der Waals surface area contributed by atoms with E-state index in [9.17, 15) is 4.79 Å². The second kappa shape index (κ2) is 6.13. The molecule has 1 aromatic rings. The molecule has 1 atom stereocenters. The molecule has 0 unspecified atom stereocenters. The molecule has 0 radical (unpaired) electrons. The Labute approximate surface area is 104 Å². The highest BCUT2D eigenvalue weighted by Gasteiger charge is 2.11. The van der Waals surface area contributed by atoms with E-state index >= 15 is 0 Å². The van der Waals surface area contributed by atoms with Crippen LogP contribution in [-0.2, 0) is 0 Å². The average Bonchev–Trinajstić information content (AvgIpc) is 2.26. The molecule has 1 rings (SSSR count). The third-order valence-electron chi connectivity index (χ3n) is 1.98. The van der Waals surface area contributed by atoms with E-state index in [2.05, 4.69) is 5.32 Å². The summed E-state index contributed by atoms with van der Waals surface area (Å²) in [5.41, 5.74) is 0.439. The summed E-state index contributed by atoms with van der Waals surface area (Å²) in [7, 11) is 0. The summed E-state index contributed by atoms with van der Waals surface area (Å²) in [5.74, 6) is -0.262. The summed E-state index contributed by atoms with van der Waals surface area (Å²) >= 11 is 7.48. The molecule has 0 aliphatic rings. The second-order valence-corrected chi connectivity index (χ2v) is 4.69. The van der Waals surface area contributed by atoms with E-state index < -0.39 is 6.10 Å². The Balaban J connectivity index is 2.81. The highest BCUT2D eigenvalue weighted by Crippen LogP contribution is 2.22. The van der Waals surface area contributed by atoms with Crippen LogP contribution >= 0.6 is 23.4 Å². The van der Waals surface area contributed by atoms with E-state index in [0.717, 1.165) is 4.90 Å². The van der Waals surface area contributed by atoms with Gasteiger partial charge in [-0.3, -0.25) is 4.79 Å². The molecule has 2 N–H and O–H groups in total. The Morgan fingerprint density at radius 3 is 2.88 bits per heavy atom. The number of hydrogen-bond acceptors (Lipinski definition) is 3. The van der Waals surface area contributed by atoms with Crippen molar-refractivity contribution in [1.29, 1.82) is 0 Å². The van der Waals surface area contributed by atoms with Crippen LogP contribution in [0.3, 0.4) is 0 Å². The SMILES string of the molecule is CSc1ccc(Cl)c(C(=O)NC[C@@H](C)O)c1. The number of amides is 1. The number of hydrogen-bond donors (Lipinski definition) is 2. The maximum atomic E-state index is 11.7. The van der Waals surface area contributed by atoms with E-state index in [1.165, 1.54) is 0 Å². The number of halogens is 1. The van der Waals surface area contributed by atoms with Gasteiger partial charge in [0.15, 0.2) is 0 Å². The van der Waals surface area contributed by atoms with Gasteiger partial charge in [0.05, 0.1) is 16.7 Å². The fourth-order valence-electron chi connectivity index (χ4n) is 1.14. The maximum Gasteiger partial charge on any atom is 0.252 e. The number of nitrogens with one attached hydrogen (secondary N) is 1. The van der Waals surface area contributed by atoms with Crippen LogP contribution < -0.4 is 5.32 Å². The molecule has 0 heterocycles. The van der Waals surface area contributed by atoms with Crippen LogP contribution in [0.2, 0.25) is 5.02 Å². The highest BCUT2D eigenvalue weighted by atomic mass is 35.5. The Kier molecular flexibility index (Phi) is 5.12. The highest BCUT2D eigenvalue weighted by molar-refractivity contribution is 7.98. The van der Waals surface area contributed by atoms with Crippen LogP contribution in [0.1, 0.15) is 17.3 Å². The molecular formula is C11H14ClNO2S. The standard InChI is InChI=1S/C11H14ClNO2S/c1-7(14)6-13-11(15)9-5-8(16-2)3-4-10(9)12/h3-5,7,14H,6H2,1-2H3,(H,13,15)/t7-/m1/s1. The third kappa shape index (κ3) is 3.70. The zero-order chi connectivity index (χ0) is 12.1. The van der Waals surface area contributed by atoms with Gasteiger partial charge in [0.1, 0.15) is 0 Å². The quantitative estimate of drug-likeness (QED) is 0.815. The molecule has 0 saturated carbocycles. The lowest BCUT2D eigenvalue weighted by Crippen LogP contribution is -2.30. The minimum absolute atomic E-state index is 0.221. The average molecular weight is 260 g/mol. The van der Waals surface area contributed by atoms with Gasteiger partial charge in [0, 0.05) is 11.4 Å². The molecule has 0 spiro atoms. The summed E-state index contributed by atoms with van der Waals surface area (Å²) in [4.78, 5) is 12.7. The van der Waals surface area contributed by atoms with E-state index in [-0.39, 0.29) is 12.5 Å². The number of rotatable bonds is 4. The van der Waals surface area contributed by atoms with Crippen LogP contribution in [0.5, 0.6) is 0 Å². The van der Waals surface area contributed by atoms with Gasteiger partial charge >= 0.3 is 0 Å². The van der Waals surface area contributed by atoms with E-state index in [0.29, 0.717) is 10.6 Å². The summed E-state index contributed by atoms with van der Waals surface area (Å²) < 4.78 is 0.